The first-order valence-electron chi connectivity index (χ1n) is 6.90. The summed E-state index contributed by atoms with van der Waals surface area (Å²) >= 11 is 1.70. The maximum atomic E-state index is 12.0. The number of hydrogen-bond donors (Lipinski definition) is 1. The van der Waals surface area contributed by atoms with Crippen molar-refractivity contribution in [1.82, 2.24) is 0 Å². The molecule has 2 aromatic rings. The predicted molar refractivity (Wildman–Crippen MR) is 88.1 cm³/mol. The van der Waals surface area contributed by atoms with E-state index >= 15 is 0 Å². The van der Waals surface area contributed by atoms with E-state index in [-0.39, 0.29) is 12.5 Å². The van der Waals surface area contributed by atoms with Crippen LogP contribution in [-0.2, 0) is 4.79 Å². The summed E-state index contributed by atoms with van der Waals surface area (Å²) in [7, 11) is 0. The van der Waals surface area contributed by atoms with Crippen molar-refractivity contribution in [3.05, 3.63) is 54.1 Å². The van der Waals surface area contributed by atoms with Gasteiger partial charge in [-0.15, -0.1) is 11.8 Å². The van der Waals surface area contributed by atoms with Crippen LogP contribution in [0, 0.1) is 6.92 Å². The van der Waals surface area contributed by atoms with Crippen molar-refractivity contribution in [2.75, 3.05) is 17.7 Å². The zero-order valence-electron chi connectivity index (χ0n) is 12.3. The van der Waals surface area contributed by atoms with Gasteiger partial charge in [-0.05, 0) is 36.9 Å². The highest BCUT2D eigenvalue weighted by molar-refractivity contribution is 7.99. The molecule has 0 unspecified atom stereocenters. The van der Waals surface area contributed by atoms with Gasteiger partial charge in [-0.1, -0.05) is 36.8 Å². The Labute approximate surface area is 129 Å². The monoisotopic (exact) mass is 301 g/mol. The minimum Gasteiger partial charge on any atom is -0.484 e. The van der Waals surface area contributed by atoms with Gasteiger partial charge >= 0.3 is 0 Å². The summed E-state index contributed by atoms with van der Waals surface area (Å²) in [6.45, 7) is 4.11. The molecule has 0 fully saturated rings. The number of para-hydroxylation sites is 1. The van der Waals surface area contributed by atoms with Crippen LogP contribution in [0.3, 0.4) is 0 Å². The van der Waals surface area contributed by atoms with Crippen LogP contribution in [0.1, 0.15) is 12.5 Å². The number of benzene rings is 2. The van der Waals surface area contributed by atoms with Crippen molar-refractivity contribution in [3.63, 3.8) is 0 Å². The molecule has 0 heterocycles. The first kappa shape index (κ1) is 15.4. The number of hydrogen-bond acceptors (Lipinski definition) is 3. The van der Waals surface area contributed by atoms with E-state index in [0.717, 1.165) is 21.9 Å². The predicted octanol–water partition coefficient (Wildman–Crippen LogP) is 4.12. The number of thioether (sulfide) groups is 1. The van der Waals surface area contributed by atoms with E-state index in [1.807, 2.05) is 55.5 Å². The molecule has 0 aliphatic rings. The third kappa shape index (κ3) is 4.83. The maximum absolute atomic E-state index is 12.0. The summed E-state index contributed by atoms with van der Waals surface area (Å²) in [6.07, 6.45) is 0. The van der Waals surface area contributed by atoms with E-state index in [9.17, 15) is 4.79 Å². The molecule has 2 rings (SSSR count). The Morgan fingerprint density at radius 2 is 1.86 bits per heavy atom. The lowest BCUT2D eigenvalue weighted by molar-refractivity contribution is -0.118. The fourth-order valence-corrected chi connectivity index (χ4v) is 2.58. The maximum Gasteiger partial charge on any atom is 0.262 e. The number of ether oxygens (including phenoxy) is 1. The summed E-state index contributed by atoms with van der Waals surface area (Å²) < 4.78 is 5.48. The van der Waals surface area contributed by atoms with Crippen LogP contribution in [0.4, 0.5) is 5.69 Å². The summed E-state index contributed by atoms with van der Waals surface area (Å²) in [5.41, 5.74) is 2.00. The third-order valence-corrected chi connectivity index (χ3v) is 3.81. The van der Waals surface area contributed by atoms with Crippen LogP contribution < -0.4 is 10.1 Å². The van der Waals surface area contributed by atoms with E-state index < -0.39 is 0 Å². The standard InChI is InChI=1S/C17H19NO2S/c1-3-21-16-7-5-4-6-15(16)18-17(19)12-20-14-10-8-13(2)9-11-14/h4-11H,3,12H2,1-2H3,(H,18,19). The van der Waals surface area contributed by atoms with E-state index in [1.165, 1.54) is 0 Å². The van der Waals surface area contributed by atoms with Gasteiger partial charge in [-0.25, -0.2) is 0 Å². The zero-order valence-corrected chi connectivity index (χ0v) is 13.1. The number of carbonyl (C=O) groups excluding carboxylic acids is 1. The third-order valence-electron chi connectivity index (χ3n) is 2.85. The largest absolute Gasteiger partial charge is 0.484 e. The van der Waals surface area contributed by atoms with Gasteiger partial charge in [0.2, 0.25) is 0 Å². The normalized spacial score (nSPS) is 10.2. The molecule has 3 nitrogen and oxygen atoms in total. The van der Waals surface area contributed by atoms with E-state index in [1.54, 1.807) is 11.8 Å². The second-order valence-corrected chi connectivity index (χ2v) is 5.88. The molecule has 0 radical (unpaired) electrons. The van der Waals surface area contributed by atoms with Gasteiger partial charge in [0, 0.05) is 4.90 Å². The van der Waals surface area contributed by atoms with Gasteiger partial charge in [-0.2, -0.15) is 0 Å². The first-order chi connectivity index (χ1) is 10.2. The molecule has 0 atom stereocenters. The Morgan fingerprint density at radius 1 is 1.14 bits per heavy atom. The lowest BCUT2D eigenvalue weighted by Crippen LogP contribution is -2.20. The van der Waals surface area contributed by atoms with Crippen LogP contribution in [-0.4, -0.2) is 18.3 Å². The minimum absolute atomic E-state index is 0.00812. The van der Waals surface area contributed by atoms with Crippen molar-refractivity contribution in [3.8, 4) is 5.75 Å². The van der Waals surface area contributed by atoms with Crippen LogP contribution in [0.15, 0.2) is 53.4 Å². The molecule has 1 N–H and O–H groups in total. The number of carbonyl (C=O) groups is 1. The molecule has 2 aromatic carbocycles. The first-order valence-corrected chi connectivity index (χ1v) is 7.88. The topological polar surface area (TPSA) is 38.3 Å². The van der Waals surface area contributed by atoms with Crippen LogP contribution in [0.5, 0.6) is 5.75 Å². The van der Waals surface area contributed by atoms with Crippen molar-refractivity contribution in [1.29, 1.82) is 0 Å². The van der Waals surface area contributed by atoms with Gasteiger partial charge in [0.25, 0.3) is 5.91 Å². The highest BCUT2D eigenvalue weighted by Gasteiger charge is 2.07. The molecule has 110 valence electrons. The SMILES string of the molecule is CCSc1ccccc1NC(=O)COc1ccc(C)cc1. The van der Waals surface area contributed by atoms with Crippen LogP contribution in [0.2, 0.25) is 0 Å². The molecular weight excluding hydrogens is 282 g/mol. The van der Waals surface area contributed by atoms with Gasteiger partial charge in [0.05, 0.1) is 5.69 Å². The Hall–Kier alpha value is -1.94. The minimum atomic E-state index is -0.153. The average Bonchev–Trinajstić information content (AvgIpc) is 2.49. The van der Waals surface area contributed by atoms with Crippen LogP contribution >= 0.6 is 11.8 Å². The number of nitrogens with one attached hydrogen (secondary N) is 1. The number of anilines is 1. The van der Waals surface area contributed by atoms with Gasteiger partial charge < -0.3 is 10.1 Å². The Morgan fingerprint density at radius 3 is 2.57 bits per heavy atom. The number of aryl methyl sites for hydroxylation is 1. The fourth-order valence-electron chi connectivity index (χ4n) is 1.82. The highest BCUT2D eigenvalue weighted by atomic mass is 32.2. The van der Waals surface area contributed by atoms with E-state index in [2.05, 4.69) is 12.2 Å². The lowest BCUT2D eigenvalue weighted by Gasteiger charge is -2.11. The fraction of sp³-hybridized carbons (Fsp3) is 0.235. The lowest BCUT2D eigenvalue weighted by atomic mass is 10.2. The van der Waals surface area contributed by atoms with Crippen molar-refractivity contribution in [2.45, 2.75) is 18.7 Å². The molecule has 21 heavy (non-hydrogen) atoms. The molecule has 0 aromatic heterocycles. The zero-order chi connectivity index (χ0) is 15.1. The summed E-state index contributed by atoms with van der Waals surface area (Å²) in [5, 5.41) is 2.89. The van der Waals surface area contributed by atoms with E-state index in [0.29, 0.717) is 5.75 Å². The Balaban J connectivity index is 1.91. The second kappa shape index (κ2) is 7.74. The molecular formula is C17H19NO2S. The highest BCUT2D eigenvalue weighted by Crippen LogP contribution is 2.26. The number of amides is 1. The Bertz CT molecular complexity index is 596. The van der Waals surface area contributed by atoms with Crippen molar-refractivity contribution in [2.24, 2.45) is 0 Å². The number of rotatable bonds is 6. The summed E-state index contributed by atoms with van der Waals surface area (Å²) in [5.74, 6) is 1.51. The molecule has 0 spiro atoms. The molecule has 0 saturated carbocycles. The molecule has 1 amide bonds. The Kier molecular flexibility index (Phi) is 5.69. The second-order valence-electron chi connectivity index (χ2n) is 4.58. The average molecular weight is 301 g/mol. The van der Waals surface area contributed by atoms with Crippen molar-refractivity contribution < 1.29 is 9.53 Å². The smallest absolute Gasteiger partial charge is 0.262 e. The van der Waals surface area contributed by atoms with Gasteiger partial charge in [0.15, 0.2) is 6.61 Å². The quantitative estimate of drug-likeness (QED) is 0.815. The van der Waals surface area contributed by atoms with Gasteiger partial charge in [-0.3, -0.25) is 4.79 Å². The molecule has 0 aliphatic heterocycles. The summed E-state index contributed by atoms with van der Waals surface area (Å²) in [6, 6.07) is 15.4. The summed E-state index contributed by atoms with van der Waals surface area (Å²) in [4.78, 5) is 13.0. The molecule has 0 bridgehead atoms. The van der Waals surface area contributed by atoms with E-state index in [4.69, 9.17) is 4.74 Å². The van der Waals surface area contributed by atoms with Crippen molar-refractivity contribution >= 4 is 23.4 Å². The molecule has 0 aliphatic carbocycles. The van der Waals surface area contributed by atoms with Gasteiger partial charge in [0.1, 0.15) is 5.75 Å². The van der Waals surface area contributed by atoms with Crippen LogP contribution in [0.25, 0.3) is 0 Å². The molecule has 4 heteroatoms. The molecule has 0 saturated heterocycles.